The van der Waals surface area contributed by atoms with Gasteiger partial charge in [-0.25, -0.2) is 8.42 Å². The molecule has 0 aliphatic heterocycles. The average molecular weight is 261 g/mol. The third kappa shape index (κ3) is 6.10. The van der Waals surface area contributed by atoms with E-state index in [1.807, 2.05) is 0 Å². The van der Waals surface area contributed by atoms with E-state index in [9.17, 15) is 13.0 Å². The van der Waals surface area contributed by atoms with Gasteiger partial charge in [-0.1, -0.05) is 13.8 Å². The molecule has 0 saturated carbocycles. The highest BCUT2D eigenvalue weighted by molar-refractivity contribution is 7.86. The molecule has 0 unspecified atom stereocenters. The van der Waals surface area contributed by atoms with Crippen LogP contribution in [0.3, 0.4) is 0 Å². The molecule has 1 aromatic rings. The summed E-state index contributed by atoms with van der Waals surface area (Å²) >= 11 is 0. The number of benzene rings is 1. The largest absolute Gasteiger partial charge is 0.744 e. The van der Waals surface area contributed by atoms with Crippen molar-refractivity contribution in [2.75, 3.05) is 18.0 Å². The Morgan fingerprint density at radius 2 is 1.82 bits per heavy atom. The molecule has 0 amide bonds. The van der Waals surface area contributed by atoms with Crippen molar-refractivity contribution in [2.24, 2.45) is 5.92 Å². The lowest BCUT2D eigenvalue weighted by Crippen LogP contribution is -2.52. The monoisotopic (exact) mass is 261 g/mol. The fraction of sp³-hybridized carbons (Fsp3) is 0.400. The third-order valence-corrected chi connectivity index (χ3v) is 2.78. The molecule has 0 saturated heterocycles. The minimum Gasteiger partial charge on any atom is -0.744 e. The SMILES string of the molecule is CC(C)C[NH3+].Nc1ccc(N)c(S(=O)(=O)[O-])c1. The molecule has 7 N–H and O–H groups in total. The second kappa shape index (κ2) is 6.43. The van der Waals surface area contributed by atoms with Gasteiger partial charge in [0, 0.05) is 17.3 Å². The summed E-state index contributed by atoms with van der Waals surface area (Å²) in [5.74, 6) is 0.773. The highest BCUT2D eigenvalue weighted by atomic mass is 32.2. The number of nitrogens with two attached hydrogens (primary N) is 2. The summed E-state index contributed by atoms with van der Waals surface area (Å²) in [5, 5.41) is 0. The molecular formula is C10H19N3O3S. The number of nitrogen functional groups attached to an aromatic ring is 2. The van der Waals surface area contributed by atoms with Crippen molar-refractivity contribution in [3.63, 3.8) is 0 Å². The van der Waals surface area contributed by atoms with Crippen molar-refractivity contribution in [3.05, 3.63) is 18.2 Å². The first-order chi connectivity index (χ1) is 7.68. The van der Waals surface area contributed by atoms with Crippen LogP contribution in [-0.2, 0) is 10.1 Å². The number of hydrogen-bond acceptors (Lipinski definition) is 5. The van der Waals surface area contributed by atoms with Gasteiger partial charge < -0.3 is 21.8 Å². The Labute approximate surface area is 102 Å². The van der Waals surface area contributed by atoms with E-state index in [0.29, 0.717) is 0 Å². The maximum atomic E-state index is 10.5. The normalized spacial score (nSPS) is 10.9. The Morgan fingerprint density at radius 1 is 1.35 bits per heavy atom. The van der Waals surface area contributed by atoms with Crippen LogP contribution in [0.5, 0.6) is 0 Å². The molecule has 7 heteroatoms. The molecule has 0 aliphatic carbocycles. The number of quaternary nitrogens is 1. The summed E-state index contributed by atoms with van der Waals surface area (Å²) in [6.07, 6.45) is 0. The first kappa shape index (κ1) is 15.7. The van der Waals surface area contributed by atoms with Crippen LogP contribution in [0.15, 0.2) is 23.1 Å². The molecule has 1 aromatic carbocycles. The number of anilines is 2. The summed E-state index contributed by atoms with van der Waals surface area (Å²) in [4.78, 5) is -0.470. The van der Waals surface area contributed by atoms with E-state index in [2.05, 4.69) is 19.6 Å². The summed E-state index contributed by atoms with van der Waals surface area (Å²) in [5.41, 5.74) is 14.3. The predicted octanol–water partition coefficient (Wildman–Crippen LogP) is -0.361. The van der Waals surface area contributed by atoms with Crippen LogP contribution in [0.4, 0.5) is 11.4 Å². The third-order valence-electron chi connectivity index (χ3n) is 1.88. The van der Waals surface area contributed by atoms with Crippen LogP contribution in [0, 0.1) is 5.92 Å². The van der Waals surface area contributed by atoms with E-state index >= 15 is 0 Å². The Balaban J connectivity index is 0.000000437. The Kier molecular flexibility index (Phi) is 5.94. The van der Waals surface area contributed by atoms with Crippen LogP contribution < -0.4 is 17.2 Å². The molecule has 1 rings (SSSR count). The predicted molar refractivity (Wildman–Crippen MR) is 65.8 cm³/mol. The highest BCUT2D eigenvalue weighted by Crippen LogP contribution is 2.20. The molecule has 0 spiro atoms. The van der Waals surface area contributed by atoms with Crippen molar-refractivity contribution < 1.29 is 18.7 Å². The summed E-state index contributed by atoms with van der Waals surface area (Å²) in [7, 11) is -4.51. The molecule has 0 fully saturated rings. The van der Waals surface area contributed by atoms with E-state index in [-0.39, 0.29) is 11.4 Å². The van der Waals surface area contributed by atoms with E-state index in [0.717, 1.165) is 18.5 Å². The summed E-state index contributed by atoms with van der Waals surface area (Å²) in [6.45, 7) is 5.38. The van der Waals surface area contributed by atoms with Crippen molar-refractivity contribution in [1.82, 2.24) is 0 Å². The van der Waals surface area contributed by atoms with Gasteiger partial charge in [-0.3, -0.25) is 0 Å². The molecule has 0 radical (unpaired) electrons. The molecule has 0 aromatic heterocycles. The van der Waals surface area contributed by atoms with E-state index in [1.54, 1.807) is 0 Å². The fourth-order valence-corrected chi connectivity index (χ4v) is 1.40. The Hall–Kier alpha value is -1.31. The highest BCUT2D eigenvalue weighted by Gasteiger charge is 2.05. The lowest BCUT2D eigenvalue weighted by Gasteiger charge is -2.09. The quantitative estimate of drug-likeness (QED) is 0.493. The van der Waals surface area contributed by atoms with Crippen molar-refractivity contribution in [1.29, 1.82) is 0 Å². The van der Waals surface area contributed by atoms with Crippen LogP contribution in [0.25, 0.3) is 0 Å². The fourth-order valence-electron chi connectivity index (χ4n) is 0.767. The maximum absolute atomic E-state index is 10.5. The Bertz CT molecular complexity index is 458. The van der Waals surface area contributed by atoms with Crippen LogP contribution in [-0.4, -0.2) is 19.5 Å². The maximum Gasteiger partial charge on any atom is 0.126 e. The Morgan fingerprint density at radius 3 is 2.12 bits per heavy atom. The van der Waals surface area contributed by atoms with Crippen LogP contribution in [0.2, 0.25) is 0 Å². The molecule has 98 valence electrons. The van der Waals surface area contributed by atoms with Gasteiger partial charge in [-0.15, -0.1) is 0 Å². The first-order valence-electron chi connectivity index (χ1n) is 5.08. The lowest BCUT2D eigenvalue weighted by atomic mass is 10.2. The zero-order valence-electron chi connectivity index (χ0n) is 10.0. The first-order valence-corrected chi connectivity index (χ1v) is 6.49. The molecule has 0 bridgehead atoms. The second-order valence-corrected chi connectivity index (χ2v) is 5.28. The molecule has 17 heavy (non-hydrogen) atoms. The van der Waals surface area contributed by atoms with E-state index in [4.69, 9.17) is 11.5 Å². The van der Waals surface area contributed by atoms with Gasteiger partial charge >= 0.3 is 0 Å². The second-order valence-electron chi connectivity index (χ2n) is 3.93. The minimum atomic E-state index is -4.51. The van der Waals surface area contributed by atoms with Gasteiger partial charge in [0.1, 0.15) is 10.1 Å². The summed E-state index contributed by atoms with van der Waals surface area (Å²) < 4.78 is 31.5. The van der Waals surface area contributed by atoms with Gasteiger partial charge in [0.25, 0.3) is 0 Å². The van der Waals surface area contributed by atoms with Crippen molar-refractivity contribution in [2.45, 2.75) is 18.7 Å². The molecule has 6 nitrogen and oxygen atoms in total. The van der Waals surface area contributed by atoms with Crippen molar-refractivity contribution >= 4 is 21.5 Å². The summed E-state index contributed by atoms with van der Waals surface area (Å²) in [6, 6.07) is 3.74. The van der Waals surface area contributed by atoms with E-state index in [1.165, 1.54) is 12.1 Å². The zero-order chi connectivity index (χ0) is 13.6. The van der Waals surface area contributed by atoms with Crippen LogP contribution in [0.1, 0.15) is 13.8 Å². The lowest BCUT2D eigenvalue weighted by molar-refractivity contribution is -0.376. The standard InChI is InChI=1S/C6H8N2O3S.C4H11N/c7-4-1-2-5(8)6(3-4)12(9,10)11;1-4(2)3-5/h1-3H,7-8H2,(H,9,10,11);4H,3,5H2,1-2H3. The molecule has 0 heterocycles. The van der Waals surface area contributed by atoms with Crippen LogP contribution >= 0.6 is 0 Å². The number of rotatable bonds is 2. The van der Waals surface area contributed by atoms with Gasteiger partial charge in [-0.2, -0.15) is 0 Å². The topological polar surface area (TPSA) is 137 Å². The van der Waals surface area contributed by atoms with Gasteiger partial charge in [-0.05, 0) is 18.2 Å². The molecular weight excluding hydrogens is 242 g/mol. The smallest absolute Gasteiger partial charge is 0.126 e. The minimum absolute atomic E-state index is 0.0841. The molecule has 0 atom stereocenters. The zero-order valence-corrected chi connectivity index (χ0v) is 10.8. The average Bonchev–Trinajstić information content (AvgIpc) is 2.21. The number of hydrogen-bond donors (Lipinski definition) is 3. The van der Waals surface area contributed by atoms with Gasteiger partial charge in [0.15, 0.2) is 0 Å². The van der Waals surface area contributed by atoms with E-state index < -0.39 is 15.0 Å². The van der Waals surface area contributed by atoms with Crippen molar-refractivity contribution in [3.8, 4) is 0 Å². The van der Waals surface area contributed by atoms with Gasteiger partial charge in [0.2, 0.25) is 0 Å². The van der Waals surface area contributed by atoms with Gasteiger partial charge in [0.05, 0.1) is 11.4 Å². The molecule has 0 aliphatic rings.